The molecule has 32 heavy (non-hydrogen) atoms. The molecule has 7 heteroatoms. The van der Waals surface area contributed by atoms with Crippen LogP contribution < -0.4 is 0 Å². The van der Waals surface area contributed by atoms with E-state index in [9.17, 15) is 24.6 Å². The Labute approximate surface area is 193 Å². The SMILES string of the molecule is [2H]C1=C2C([2H])CC3C4C[C@H](C)[C@](OC(=O)CC)(C(=O)C([2H])([2H])O)[C@@]4(C)C[C@H](O)[C@]3(F)[C@@]2(C)C=CC1=O. The molecule has 0 heterocycles. The molecule has 0 amide bonds. The Kier molecular flexibility index (Phi) is 4.25. The van der Waals surface area contributed by atoms with E-state index in [1.807, 2.05) is 0 Å². The van der Waals surface area contributed by atoms with Crippen molar-refractivity contribution in [3.63, 3.8) is 0 Å². The molecule has 0 bridgehead atoms. The first-order chi connectivity index (χ1) is 16.4. The maximum Gasteiger partial charge on any atom is 0.306 e. The van der Waals surface area contributed by atoms with Crippen LogP contribution in [0.5, 0.6) is 0 Å². The predicted molar refractivity (Wildman–Crippen MR) is 114 cm³/mol. The van der Waals surface area contributed by atoms with Crippen LogP contribution in [0.4, 0.5) is 4.39 Å². The van der Waals surface area contributed by atoms with Gasteiger partial charge in [0, 0.05) is 30.5 Å². The quantitative estimate of drug-likeness (QED) is 0.636. The van der Waals surface area contributed by atoms with Gasteiger partial charge in [-0.3, -0.25) is 14.4 Å². The number of aliphatic hydroxyl groups is 2. The van der Waals surface area contributed by atoms with Gasteiger partial charge in [-0.15, -0.1) is 0 Å². The molecular weight excluding hydrogens is 415 g/mol. The number of aliphatic hydroxyl groups excluding tert-OH is 1. The minimum absolute atomic E-state index is 0.00823. The Morgan fingerprint density at radius 1 is 1.41 bits per heavy atom. The largest absolute Gasteiger partial charge is 0.450 e. The zero-order valence-electron chi connectivity index (χ0n) is 22.8. The second-order valence-electron chi connectivity index (χ2n) is 10.1. The van der Waals surface area contributed by atoms with Crippen LogP contribution in [-0.4, -0.2) is 51.7 Å². The highest BCUT2D eigenvalue weighted by molar-refractivity contribution is 6.01. The molecule has 0 spiro atoms. The molecule has 2 N–H and O–H groups in total. The minimum Gasteiger partial charge on any atom is -0.450 e. The molecule has 0 aromatic carbocycles. The van der Waals surface area contributed by atoms with E-state index in [0.717, 1.165) is 6.08 Å². The van der Waals surface area contributed by atoms with Crippen LogP contribution in [0.25, 0.3) is 0 Å². The third-order valence-corrected chi connectivity index (χ3v) is 8.86. The van der Waals surface area contributed by atoms with Gasteiger partial charge in [-0.05, 0) is 50.6 Å². The number of allylic oxidation sites excluding steroid dienone is 4. The van der Waals surface area contributed by atoms with Crippen LogP contribution in [-0.2, 0) is 19.1 Å². The number of halogens is 1. The Bertz CT molecular complexity index is 1090. The average Bonchev–Trinajstić information content (AvgIpc) is 2.99. The summed E-state index contributed by atoms with van der Waals surface area (Å²) in [5.41, 5.74) is -7.65. The van der Waals surface area contributed by atoms with Crippen molar-refractivity contribution in [1.82, 2.24) is 0 Å². The van der Waals surface area contributed by atoms with Crippen LogP contribution in [0.1, 0.15) is 65.3 Å². The Morgan fingerprint density at radius 2 is 2.09 bits per heavy atom. The summed E-state index contributed by atoms with van der Waals surface area (Å²) in [6.07, 6.45) is -1.01. The molecule has 3 saturated carbocycles. The number of alkyl halides is 1. The van der Waals surface area contributed by atoms with E-state index < -0.39 is 88.9 Å². The third kappa shape index (κ3) is 2.61. The van der Waals surface area contributed by atoms with Crippen molar-refractivity contribution in [1.29, 1.82) is 0 Å². The summed E-state index contributed by atoms with van der Waals surface area (Å²) in [7, 11) is 0. The zero-order chi connectivity index (χ0) is 27.2. The fourth-order valence-corrected chi connectivity index (χ4v) is 7.27. The molecule has 0 radical (unpaired) electrons. The van der Waals surface area contributed by atoms with Gasteiger partial charge in [-0.25, -0.2) is 4.39 Å². The lowest BCUT2D eigenvalue weighted by molar-refractivity contribution is -0.228. The highest BCUT2D eigenvalue weighted by Gasteiger charge is 2.77. The molecular formula is C25H33FO6. The lowest BCUT2D eigenvalue weighted by atomic mass is 9.44. The molecule has 0 aromatic rings. The van der Waals surface area contributed by atoms with Gasteiger partial charge in [0.2, 0.25) is 5.78 Å². The highest BCUT2D eigenvalue weighted by Crippen LogP contribution is 2.71. The number of esters is 1. The number of ether oxygens (including phenoxy) is 1. The van der Waals surface area contributed by atoms with Gasteiger partial charge in [-0.2, -0.15) is 0 Å². The number of carbonyl (C=O) groups excluding carboxylic acids is 3. The number of rotatable bonds is 4. The molecule has 0 aromatic heterocycles. The molecule has 6 nitrogen and oxygen atoms in total. The van der Waals surface area contributed by atoms with E-state index in [1.165, 1.54) is 19.9 Å². The van der Waals surface area contributed by atoms with Crippen molar-refractivity contribution in [3.8, 4) is 0 Å². The van der Waals surface area contributed by atoms with Crippen molar-refractivity contribution < 1.29 is 39.2 Å². The van der Waals surface area contributed by atoms with E-state index in [1.54, 1.807) is 13.8 Å². The van der Waals surface area contributed by atoms with Crippen molar-refractivity contribution in [2.45, 2.75) is 77.1 Å². The van der Waals surface area contributed by atoms with Crippen LogP contribution in [0, 0.1) is 28.6 Å². The minimum atomic E-state index is -3.35. The summed E-state index contributed by atoms with van der Waals surface area (Å²) in [6, 6.07) is -0.453. The average molecular weight is 453 g/mol. The molecule has 0 aliphatic heterocycles. The monoisotopic (exact) mass is 452 g/mol. The molecule has 9 atom stereocenters. The van der Waals surface area contributed by atoms with Gasteiger partial charge >= 0.3 is 5.97 Å². The van der Waals surface area contributed by atoms with E-state index in [2.05, 4.69) is 0 Å². The third-order valence-electron chi connectivity index (χ3n) is 8.86. The first-order valence-electron chi connectivity index (χ1n) is 13.2. The van der Waals surface area contributed by atoms with Crippen molar-refractivity contribution >= 4 is 17.5 Å². The predicted octanol–water partition coefficient (Wildman–Crippen LogP) is 2.86. The highest BCUT2D eigenvalue weighted by atomic mass is 19.1. The van der Waals surface area contributed by atoms with Crippen LogP contribution in [0.3, 0.4) is 0 Å². The van der Waals surface area contributed by atoms with Crippen molar-refractivity contribution in [2.24, 2.45) is 28.6 Å². The van der Waals surface area contributed by atoms with Crippen LogP contribution >= 0.6 is 0 Å². The smallest absolute Gasteiger partial charge is 0.306 e. The molecule has 4 aliphatic rings. The standard InChI is InChI=1S/C25H33FO6/c1-5-21(31)32-25(20(30)13-27)14(2)10-18-17-7-6-15-11-16(28)8-9-22(15,3)24(17,26)19(29)12-23(18,25)4/h8-9,11,14,17-19,27,29H,5-7,10,12-13H2,1-4H3/t14-,17?,18?,19-,22-,23-,24-,25-/m0/s1/i6D,11D,13D2/t6?,14-,17?,18?,19-,22-,23-,24-,25-. The molecule has 3 fully saturated rings. The lowest BCUT2D eigenvalue weighted by Gasteiger charge is -2.62. The van der Waals surface area contributed by atoms with Gasteiger partial charge < -0.3 is 14.9 Å². The normalized spacial score (nSPS) is 52.1. The molecule has 4 rings (SSSR count). The van der Waals surface area contributed by atoms with E-state index >= 15 is 4.39 Å². The summed E-state index contributed by atoms with van der Waals surface area (Å²) in [4.78, 5) is 38.2. The van der Waals surface area contributed by atoms with Gasteiger partial charge in [0.25, 0.3) is 0 Å². The fourth-order valence-electron chi connectivity index (χ4n) is 7.27. The molecule has 3 unspecified atom stereocenters. The first-order valence-corrected chi connectivity index (χ1v) is 11.2. The molecule has 0 saturated heterocycles. The van der Waals surface area contributed by atoms with Crippen LogP contribution in [0.15, 0.2) is 23.8 Å². The van der Waals surface area contributed by atoms with Crippen molar-refractivity contribution in [2.75, 3.05) is 6.56 Å². The second-order valence-corrected chi connectivity index (χ2v) is 10.1. The lowest BCUT2D eigenvalue weighted by Crippen LogP contribution is -2.70. The number of carbonyl (C=O) groups is 3. The van der Waals surface area contributed by atoms with E-state index in [0.29, 0.717) is 0 Å². The Hall–Kier alpha value is -1.86. The van der Waals surface area contributed by atoms with Crippen LogP contribution in [0.2, 0.25) is 0 Å². The molecule has 4 aliphatic carbocycles. The molecule has 176 valence electrons. The van der Waals surface area contributed by atoms with Gasteiger partial charge in [0.1, 0.15) is 6.56 Å². The number of ketones is 2. The van der Waals surface area contributed by atoms with Gasteiger partial charge in [-0.1, -0.05) is 32.4 Å². The van der Waals surface area contributed by atoms with Gasteiger partial charge in [0.05, 0.1) is 10.2 Å². The summed E-state index contributed by atoms with van der Waals surface area (Å²) < 4.78 is 55.6. The second kappa shape index (κ2) is 7.32. The Morgan fingerprint density at radius 3 is 2.72 bits per heavy atom. The topological polar surface area (TPSA) is 101 Å². The summed E-state index contributed by atoms with van der Waals surface area (Å²) in [6.45, 7) is 2.76. The maximum absolute atomic E-state index is 17.4. The number of fused-ring (bicyclic) bond motifs is 5. The van der Waals surface area contributed by atoms with Gasteiger partial charge in [0.15, 0.2) is 17.1 Å². The van der Waals surface area contributed by atoms with Crippen molar-refractivity contribution in [3.05, 3.63) is 23.8 Å². The zero-order valence-corrected chi connectivity index (χ0v) is 18.8. The number of Topliss-reactive ketones (excluding diaryl/α,β-unsaturated/α-hetero) is 1. The number of hydrogen-bond donors (Lipinski definition) is 2. The number of hydrogen-bond acceptors (Lipinski definition) is 6. The summed E-state index contributed by atoms with van der Waals surface area (Å²) in [5.74, 6) is -5.36. The first kappa shape index (κ1) is 18.6. The van der Waals surface area contributed by atoms with E-state index in [-0.39, 0.29) is 24.8 Å². The summed E-state index contributed by atoms with van der Waals surface area (Å²) >= 11 is 0. The van der Waals surface area contributed by atoms with E-state index in [4.69, 9.17) is 10.2 Å². The summed E-state index contributed by atoms with van der Waals surface area (Å²) in [5, 5.41) is 21.6. The maximum atomic E-state index is 17.4. The fraction of sp³-hybridized carbons (Fsp3) is 0.720. The Balaban J connectivity index is 1.92.